The topological polar surface area (TPSA) is 79.5 Å². The van der Waals surface area contributed by atoms with Crippen LogP contribution in [0.1, 0.15) is 18.4 Å². The van der Waals surface area contributed by atoms with E-state index in [1.165, 1.54) is 29.4 Å². The number of hydrogen-bond donors (Lipinski definition) is 1. The Morgan fingerprint density at radius 2 is 2.05 bits per heavy atom. The van der Waals surface area contributed by atoms with Crippen LogP contribution in [0.25, 0.3) is 0 Å². The first-order chi connectivity index (χ1) is 9.54. The summed E-state index contributed by atoms with van der Waals surface area (Å²) in [5.41, 5.74) is 6.30. The molecule has 1 aromatic heterocycles. The lowest BCUT2D eigenvalue weighted by Gasteiger charge is -2.20. The quantitative estimate of drug-likeness (QED) is 0.815. The number of rotatable bonds is 6. The summed E-state index contributed by atoms with van der Waals surface area (Å²) in [5, 5.41) is 0.0821. The van der Waals surface area contributed by atoms with Gasteiger partial charge in [-0.3, -0.25) is 0 Å². The standard InChI is InChI=1S/C13H22N4O2S/c1-16(8-9-17-6-2-3-7-17)20(18,19)13-5-4-12(10-14)11-15-13/h4-5,11H,2-3,6-10,14H2,1H3. The van der Waals surface area contributed by atoms with Crippen LogP contribution in [0.3, 0.4) is 0 Å². The van der Waals surface area contributed by atoms with Crippen molar-refractivity contribution in [3.05, 3.63) is 23.9 Å². The van der Waals surface area contributed by atoms with E-state index in [0.717, 1.165) is 25.2 Å². The smallest absolute Gasteiger partial charge is 0.260 e. The van der Waals surface area contributed by atoms with Crippen LogP contribution in [0, 0.1) is 0 Å². The lowest BCUT2D eigenvalue weighted by molar-refractivity contribution is 0.309. The fourth-order valence-corrected chi connectivity index (χ4v) is 3.32. The van der Waals surface area contributed by atoms with Crippen molar-refractivity contribution in [2.24, 2.45) is 5.73 Å². The molecule has 0 unspecified atom stereocenters. The summed E-state index contributed by atoms with van der Waals surface area (Å²) in [6.07, 6.45) is 3.93. The summed E-state index contributed by atoms with van der Waals surface area (Å²) in [6, 6.07) is 3.22. The van der Waals surface area contributed by atoms with Crippen LogP contribution < -0.4 is 5.73 Å². The summed E-state index contributed by atoms with van der Waals surface area (Å²) in [7, 11) is -1.90. The molecule has 0 saturated carbocycles. The molecule has 0 bridgehead atoms. The third kappa shape index (κ3) is 3.54. The number of pyridine rings is 1. The highest BCUT2D eigenvalue weighted by Crippen LogP contribution is 2.13. The Morgan fingerprint density at radius 3 is 2.60 bits per heavy atom. The predicted octanol–water partition coefficient (Wildman–Crippen LogP) is 0.257. The van der Waals surface area contributed by atoms with Gasteiger partial charge >= 0.3 is 0 Å². The predicted molar refractivity (Wildman–Crippen MR) is 77.6 cm³/mol. The average molecular weight is 298 g/mol. The van der Waals surface area contributed by atoms with Crippen molar-refractivity contribution in [1.29, 1.82) is 0 Å². The van der Waals surface area contributed by atoms with Crippen molar-refractivity contribution in [3.8, 4) is 0 Å². The molecule has 1 aromatic rings. The molecule has 2 heterocycles. The summed E-state index contributed by atoms with van der Waals surface area (Å²) in [6.45, 7) is 3.76. The van der Waals surface area contributed by atoms with Crippen molar-refractivity contribution in [2.45, 2.75) is 24.4 Å². The minimum atomic E-state index is -3.50. The normalized spacial score (nSPS) is 16.9. The maximum absolute atomic E-state index is 12.4. The SMILES string of the molecule is CN(CCN1CCCC1)S(=O)(=O)c1ccc(CN)cn1. The number of likely N-dealkylation sites (tertiary alicyclic amines) is 1. The maximum atomic E-state index is 12.4. The highest BCUT2D eigenvalue weighted by molar-refractivity contribution is 7.89. The van der Waals surface area contributed by atoms with Gasteiger partial charge in [-0.25, -0.2) is 13.4 Å². The lowest BCUT2D eigenvalue weighted by atomic mass is 10.3. The largest absolute Gasteiger partial charge is 0.326 e. The number of nitrogens with zero attached hydrogens (tertiary/aromatic N) is 3. The minimum absolute atomic E-state index is 0.0821. The third-order valence-electron chi connectivity index (χ3n) is 3.64. The first kappa shape index (κ1) is 15.4. The van der Waals surface area contributed by atoms with Gasteiger partial charge in [-0.1, -0.05) is 6.07 Å². The van der Waals surface area contributed by atoms with Crippen molar-refractivity contribution < 1.29 is 8.42 Å². The van der Waals surface area contributed by atoms with Gasteiger partial charge in [0.2, 0.25) is 0 Å². The van der Waals surface area contributed by atoms with Crippen molar-refractivity contribution in [1.82, 2.24) is 14.2 Å². The van der Waals surface area contributed by atoms with Gasteiger partial charge in [0.1, 0.15) is 0 Å². The molecule has 1 fully saturated rings. The Labute approximate surface area is 120 Å². The number of sulfonamides is 1. The molecule has 6 nitrogen and oxygen atoms in total. The van der Waals surface area contributed by atoms with E-state index >= 15 is 0 Å². The van der Waals surface area contributed by atoms with Crippen LogP contribution in [-0.2, 0) is 16.6 Å². The maximum Gasteiger partial charge on any atom is 0.260 e. The van der Waals surface area contributed by atoms with Gasteiger partial charge in [0.05, 0.1) is 0 Å². The Hall–Kier alpha value is -1.02. The van der Waals surface area contributed by atoms with Crippen molar-refractivity contribution in [3.63, 3.8) is 0 Å². The molecule has 1 saturated heterocycles. The molecule has 0 aliphatic carbocycles. The molecule has 1 aliphatic heterocycles. The zero-order valence-corrected chi connectivity index (χ0v) is 12.6. The fraction of sp³-hybridized carbons (Fsp3) is 0.615. The van der Waals surface area contributed by atoms with E-state index in [1.807, 2.05) is 0 Å². The van der Waals surface area contributed by atoms with Crippen molar-refractivity contribution in [2.75, 3.05) is 33.2 Å². The molecule has 0 aromatic carbocycles. The molecular weight excluding hydrogens is 276 g/mol. The van der Waals surface area contributed by atoms with Crippen LogP contribution >= 0.6 is 0 Å². The van der Waals surface area contributed by atoms with Gasteiger partial charge < -0.3 is 10.6 Å². The molecule has 1 aliphatic rings. The highest BCUT2D eigenvalue weighted by Gasteiger charge is 2.23. The fourth-order valence-electron chi connectivity index (χ4n) is 2.25. The van der Waals surface area contributed by atoms with E-state index in [0.29, 0.717) is 13.1 Å². The number of likely N-dealkylation sites (N-methyl/N-ethyl adjacent to an activating group) is 1. The molecular formula is C13H22N4O2S. The Bertz CT molecular complexity index is 524. The van der Waals surface area contributed by atoms with Gasteiger partial charge in [0.15, 0.2) is 5.03 Å². The average Bonchev–Trinajstić information content (AvgIpc) is 2.98. The van der Waals surface area contributed by atoms with Gasteiger partial charge in [-0.15, -0.1) is 0 Å². The van der Waals surface area contributed by atoms with E-state index < -0.39 is 10.0 Å². The minimum Gasteiger partial charge on any atom is -0.326 e. The number of hydrogen-bond acceptors (Lipinski definition) is 5. The van der Waals surface area contributed by atoms with Crippen LogP contribution in [0.5, 0.6) is 0 Å². The molecule has 0 radical (unpaired) electrons. The molecule has 0 spiro atoms. The first-order valence-corrected chi connectivity index (χ1v) is 8.32. The second kappa shape index (κ2) is 6.62. The van der Waals surface area contributed by atoms with Crippen molar-refractivity contribution >= 4 is 10.0 Å². The Kier molecular flexibility index (Phi) is 5.09. The molecule has 0 amide bonds. The summed E-state index contributed by atoms with van der Waals surface area (Å²) in [4.78, 5) is 6.29. The summed E-state index contributed by atoms with van der Waals surface area (Å²) < 4.78 is 26.1. The number of nitrogens with two attached hydrogens (primary N) is 1. The van der Waals surface area contributed by atoms with E-state index in [9.17, 15) is 8.42 Å². The van der Waals surface area contributed by atoms with E-state index in [2.05, 4.69) is 9.88 Å². The van der Waals surface area contributed by atoms with Crippen LogP contribution in [0.2, 0.25) is 0 Å². The molecule has 0 atom stereocenters. The molecule has 2 N–H and O–H groups in total. The van der Waals surface area contributed by atoms with Gasteiger partial charge in [-0.2, -0.15) is 4.31 Å². The summed E-state index contributed by atoms with van der Waals surface area (Å²) >= 11 is 0. The zero-order chi connectivity index (χ0) is 14.6. The second-order valence-electron chi connectivity index (χ2n) is 5.08. The molecule has 7 heteroatoms. The lowest BCUT2D eigenvalue weighted by Crippen LogP contribution is -2.35. The van der Waals surface area contributed by atoms with Gasteiger partial charge in [0.25, 0.3) is 10.0 Å². The van der Waals surface area contributed by atoms with E-state index in [-0.39, 0.29) is 5.03 Å². The monoisotopic (exact) mass is 298 g/mol. The molecule has 2 rings (SSSR count). The highest BCUT2D eigenvalue weighted by atomic mass is 32.2. The third-order valence-corrected chi connectivity index (χ3v) is 5.41. The van der Waals surface area contributed by atoms with Crippen LogP contribution in [-0.4, -0.2) is 55.8 Å². The second-order valence-corrected chi connectivity index (χ2v) is 7.08. The van der Waals surface area contributed by atoms with E-state index in [4.69, 9.17) is 5.73 Å². The van der Waals surface area contributed by atoms with Gasteiger partial charge in [0, 0.05) is 32.9 Å². The first-order valence-electron chi connectivity index (χ1n) is 6.88. The van der Waals surface area contributed by atoms with E-state index in [1.54, 1.807) is 13.1 Å². The van der Waals surface area contributed by atoms with Gasteiger partial charge in [-0.05, 0) is 37.6 Å². The molecule has 112 valence electrons. The molecule has 20 heavy (non-hydrogen) atoms. The number of aromatic nitrogens is 1. The zero-order valence-electron chi connectivity index (χ0n) is 11.8. The van der Waals surface area contributed by atoms with Crippen LogP contribution in [0.4, 0.5) is 0 Å². The Morgan fingerprint density at radius 1 is 1.35 bits per heavy atom. The summed E-state index contributed by atoms with van der Waals surface area (Å²) in [5.74, 6) is 0. The Balaban J connectivity index is 2.00. The van der Waals surface area contributed by atoms with Crippen LogP contribution in [0.15, 0.2) is 23.4 Å².